The van der Waals surface area contributed by atoms with Gasteiger partial charge in [0, 0.05) is 11.1 Å². The topological polar surface area (TPSA) is 21.6 Å². The first-order valence-corrected chi connectivity index (χ1v) is 6.08. The molecule has 0 N–H and O–H groups in total. The maximum absolute atomic E-state index is 13.4. The Balaban J connectivity index is 2.88. The van der Waals surface area contributed by atoms with Crippen LogP contribution in [-0.4, -0.2) is 18.3 Å². The van der Waals surface area contributed by atoms with Crippen molar-refractivity contribution in [2.45, 2.75) is 31.8 Å². The summed E-state index contributed by atoms with van der Waals surface area (Å²) in [5.74, 6) is -0.786. The van der Waals surface area contributed by atoms with Gasteiger partial charge in [-0.05, 0) is 26.0 Å². The molecule has 2 nitrogen and oxygen atoms in total. The molecule has 0 fully saturated rings. The summed E-state index contributed by atoms with van der Waals surface area (Å²) >= 11 is 0. The number of fused-ring (bicyclic) bond motifs is 1. The lowest BCUT2D eigenvalue weighted by atomic mass is 9.88. The van der Waals surface area contributed by atoms with Gasteiger partial charge < -0.3 is 4.74 Å². The Morgan fingerprint density at radius 1 is 1.14 bits per heavy atom. The molecule has 0 aliphatic carbocycles. The second kappa shape index (κ2) is 4.76. The first kappa shape index (κ1) is 16.4. The van der Waals surface area contributed by atoms with Crippen LogP contribution in [0.25, 0.3) is 0 Å². The second-order valence-electron chi connectivity index (χ2n) is 5.00. The number of aliphatic imine (C=N–C) groups is 1. The number of nitrogens with zero attached hydrogens (tertiary/aromatic N) is 1. The number of ether oxygens (including phenoxy) is 1. The third-order valence-corrected chi connectivity index (χ3v) is 3.17. The van der Waals surface area contributed by atoms with Gasteiger partial charge in [-0.25, -0.2) is 4.99 Å². The molecule has 8 heteroatoms. The minimum atomic E-state index is -5.72. The van der Waals surface area contributed by atoms with Crippen LogP contribution in [0, 0.1) is 6.92 Å². The van der Waals surface area contributed by atoms with Gasteiger partial charge in [0.2, 0.25) is 5.90 Å². The number of benzene rings is 1. The number of alkyl halides is 6. The molecule has 22 heavy (non-hydrogen) atoms. The van der Waals surface area contributed by atoms with Crippen molar-refractivity contribution in [3.05, 3.63) is 41.5 Å². The van der Waals surface area contributed by atoms with E-state index in [0.717, 1.165) is 12.1 Å². The van der Waals surface area contributed by atoms with Crippen molar-refractivity contribution < 1.29 is 31.1 Å². The zero-order chi connectivity index (χ0) is 16.9. The van der Waals surface area contributed by atoms with Crippen molar-refractivity contribution in [1.82, 2.24) is 0 Å². The standard InChI is InChI=1S/C14H11F6NO/c1-7(2)11-21-10-5-4-8(3)6-9(10)12(22-11,13(15,16)17)14(18,19)20/h4-6H,1H2,2-3H3. The van der Waals surface area contributed by atoms with Gasteiger partial charge >= 0.3 is 18.0 Å². The number of hydrogen-bond donors (Lipinski definition) is 0. The maximum Gasteiger partial charge on any atom is 0.442 e. The van der Waals surface area contributed by atoms with E-state index in [1.165, 1.54) is 19.9 Å². The zero-order valence-electron chi connectivity index (χ0n) is 11.6. The van der Waals surface area contributed by atoms with Gasteiger partial charge in [0.25, 0.3) is 0 Å². The van der Waals surface area contributed by atoms with Gasteiger partial charge in [0.05, 0.1) is 5.69 Å². The molecule has 1 aromatic carbocycles. The lowest BCUT2D eigenvalue weighted by molar-refractivity contribution is -0.370. The average Bonchev–Trinajstić information content (AvgIpc) is 2.34. The Morgan fingerprint density at radius 2 is 1.68 bits per heavy atom. The SMILES string of the molecule is C=C(C)C1=Nc2ccc(C)cc2C(C(F)(F)F)(C(F)(F)F)O1. The molecular weight excluding hydrogens is 312 g/mol. The van der Waals surface area contributed by atoms with E-state index in [2.05, 4.69) is 16.3 Å². The van der Waals surface area contributed by atoms with E-state index in [4.69, 9.17) is 0 Å². The van der Waals surface area contributed by atoms with Gasteiger partial charge in [-0.15, -0.1) is 0 Å². The van der Waals surface area contributed by atoms with Crippen molar-refractivity contribution in [2.24, 2.45) is 4.99 Å². The molecule has 0 amide bonds. The Morgan fingerprint density at radius 3 is 2.14 bits per heavy atom. The van der Waals surface area contributed by atoms with E-state index in [-0.39, 0.29) is 11.1 Å². The van der Waals surface area contributed by atoms with Crippen LogP contribution in [0.15, 0.2) is 35.3 Å². The quantitative estimate of drug-likeness (QED) is 0.670. The van der Waals surface area contributed by atoms with Gasteiger partial charge in [0.15, 0.2) is 0 Å². The van der Waals surface area contributed by atoms with Crippen molar-refractivity contribution >= 4 is 11.6 Å². The van der Waals surface area contributed by atoms with Crippen LogP contribution in [0.1, 0.15) is 18.1 Å². The number of aryl methyl sites for hydroxylation is 1. The van der Waals surface area contributed by atoms with Crippen LogP contribution in [0.2, 0.25) is 0 Å². The minimum Gasteiger partial charge on any atom is -0.447 e. The molecule has 2 rings (SSSR count). The van der Waals surface area contributed by atoms with Crippen LogP contribution in [0.3, 0.4) is 0 Å². The molecule has 0 atom stereocenters. The lowest BCUT2D eigenvalue weighted by Crippen LogP contribution is -2.58. The molecular formula is C14H11F6NO. The van der Waals surface area contributed by atoms with E-state index >= 15 is 0 Å². The van der Waals surface area contributed by atoms with Crippen LogP contribution >= 0.6 is 0 Å². The molecule has 0 saturated carbocycles. The Hall–Kier alpha value is -1.99. The smallest absolute Gasteiger partial charge is 0.442 e. The van der Waals surface area contributed by atoms with Crippen molar-refractivity contribution in [1.29, 1.82) is 0 Å². The van der Waals surface area contributed by atoms with E-state index in [0.29, 0.717) is 0 Å². The van der Waals surface area contributed by atoms with Gasteiger partial charge in [0.1, 0.15) is 0 Å². The van der Waals surface area contributed by atoms with E-state index in [1.54, 1.807) is 0 Å². The highest BCUT2D eigenvalue weighted by atomic mass is 19.4. The summed E-state index contributed by atoms with van der Waals surface area (Å²) in [6.07, 6.45) is -11.4. The highest BCUT2D eigenvalue weighted by Gasteiger charge is 2.76. The fourth-order valence-electron chi connectivity index (χ4n) is 2.13. The number of hydrogen-bond acceptors (Lipinski definition) is 2. The monoisotopic (exact) mass is 323 g/mol. The predicted octanol–water partition coefficient (Wildman–Crippen LogP) is 4.95. The van der Waals surface area contributed by atoms with Crippen LogP contribution in [0.4, 0.5) is 32.0 Å². The summed E-state index contributed by atoms with van der Waals surface area (Å²) < 4.78 is 84.8. The van der Waals surface area contributed by atoms with Gasteiger partial charge in [-0.1, -0.05) is 18.2 Å². The average molecular weight is 323 g/mol. The number of rotatable bonds is 1. The van der Waals surface area contributed by atoms with Crippen molar-refractivity contribution in [2.75, 3.05) is 0 Å². The first-order valence-electron chi connectivity index (χ1n) is 6.08. The van der Waals surface area contributed by atoms with Crippen molar-refractivity contribution in [3.63, 3.8) is 0 Å². The lowest BCUT2D eigenvalue weighted by Gasteiger charge is -2.40. The highest BCUT2D eigenvalue weighted by Crippen LogP contribution is 2.57. The van der Waals surface area contributed by atoms with Crippen molar-refractivity contribution in [3.8, 4) is 0 Å². The van der Waals surface area contributed by atoms with Gasteiger partial charge in [-0.2, -0.15) is 26.3 Å². The van der Waals surface area contributed by atoms with Crippen LogP contribution in [0.5, 0.6) is 0 Å². The molecule has 0 spiro atoms. The fourth-order valence-corrected chi connectivity index (χ4v) is 2.13. The molecule has 1 aliphatic rings. The summed E-state index contributed by atoms with van der Waals surface area (Å²) in [6.45, 7) is 5.91. The Labute approximate surface area is 122 Å². The molecule has 0 aromatic heterocycles. The summed E-state index contributed by atoms with van der Waals surface area (Å²) in [5.41, 5.74) is -5.88. The molecule has 1 heterocycles. The van der Waals surface area contributed by atoms with E-state index in [9.17, 15) is 26.3 Å². The summed E-state index contributed by atoms with van der Waals surface area (Å²) in [4.78, 5) is 3.70. The Kier molecular flexibility index (Phi) is 3.54. The normalized spacial score (nSPS) is 17.4. The number of halogens is 6. The molecule has 1 aromatic rings. The fraction of sp³-hybridized carbons (Fsp3) is 0.357. The van der Waals surface area contributed by atoms with Crippen LogP contribution < -0.4 is 0 Å². The van der Waals surface area contributed by atoms with E-state index < -0.39 is 35.1 Å². The molecule has 120 valence electrons. The predicted molar refractivity (Wildman–Crippen MR) is 68.0 cm³/mol. The Bertz CT molecular complexity index is 642. The van der Waals surface area contributed by atoms with E-state index in [1.807, 2.05) is 0 Å². The largest absolute Gasteiger partial charge is 0.447 e. The molecule has 0 saturated heterocycles. The molecule has 1 aliphatic heterocycles. The molecule has 0 bridgehead atoms. The minimum absolute atomic E-state index is 0.135. The third kappa shape index (κ3) is 2.26. The molecule has 0 unspecified atom stereocenters. The zero-order valence-corrected chi connectivity index (χ0v) is 11.6. The summed E-state index contributed by atoms with van der Waals surface area (Å²) in [5, 5.41) is 0. The van der Waals surface area contributed by atoms with Crippen LogP contribution in [-0.2, 0) is 10.3 Å². The highest BCUT2D eigenvalue weighted by molar-refractivity contribution is 5.96. The summed E-state index contributed by atoms with van der Waals surface area (Å²) in [7, 11) is 0. The summed E-state index contributed by atoms with van der Waals surface area (Å²) in [6, 6.07) is 3.26. The second-order valence-corrected chi connectivity index (χ2v) is 5.00. The first-order chi connectivity index (χ1) is 9.90. The molecule has 0 radical (unpaired) electrons. The van der Waals surface area contributed by atoms with Gasteiger partial charge in [-0.3, -0.25) is 0 Å². The third-order valence-electron chi connectivity index (χ3n) is 3.17. The maximum atomic E-state index is 13.4.